The van der Waals surface area contributed by atoms with Gasteiger partial charge in [0.25, 0.3) is 5.91 Å². The maximum absolute atomic E-state index is 11.7. The van der Waals surface area contributed by atoms with Gasteiger partial charge in [0.05, 0.1) is 11.4 Å². The van der Waals surface area contributed by atoms with Crippen LogP contribution in [-0.4, -0.2) is 48.6 Å². The van der Waals surface area contributed by atoms with Gasteiger partial charge in [0.2, 0.25) is 5.91 Å². The molecule has 0 bridgehead atoms. The number of aliphatic hydroxyl groups is 1. The molecule has 1 atom stereocenters. The van der Waals surface area contributed by atoms with Crippen molar-refractivity contribution in [2.45, 2.75) is 6.10 Å². The van der Waals surface area contributed by atoms with Crippen molar-refractivity contribution < 1.29 is 14.7 Å². The molecule has 0 saturated carbocycles. The number of nitrogens with zero attached hydrogens (tertiary/aromatic N) is 1. The molecule has 0 aliphatic rings. The van der Waals surface area contributed by atoms with E-state index in [0.29, 0.717) is 16.9 Å². The summed E-state index contributed by atoms with van der Waals surface area (Å²) in [5.74, 6) is -0.971. The predicted molar refractivity (Wildman–Crippen MR) is 72.6 cm³/mol. The number of nitrogen functional groups attached to an aromatic ring is 1. The van der Waals surface area contributed by atoms with Crippen molar-refractivity contribution in [1.82, 2.24) is 4.90 Å². The second kappa shape index (κ2) is 6.05. The van der Waals surface area contributed by atoms with Crippen molar-refractivity contribution in [3.8, 4) is 0 Å². The third-order valence-electron chi connectivity index (χ3n) is 2.52. The van der Waals surface area contributed by atoms with Gasteiger partial charge in [0, 0.05) is 26.2 Å². The monoisotopic (exact) mass is 266 g/mol. The lowest BCUT2D eigenvalue weighted by Crippen LogP contribution is -2.34. The van der Waals surface area contributed by atoms with Gasteiger partial charge in [-0.1, -0.05) is 0 Å². The second-order valence-electron chi connectivity index (χ2n) is 4.30. The molecule has 6 N–H and O–H groups in total. The van der Waals surface area contributed by atoms with E-state index in [4.69, 9.17) is 11.5 Å². The molecule has 1 aromatic rings. The van der Waals surface area contributed by atoms with Crippen LogP contribution in [0.1, 0.15) is 10.4 Å². The van der Waals surface area contributed by atoms with E-state index in [2.05, 4.69) is 5.32 Å². The van der Waals surface area contributed by atoms with Gasteiger partial charge >= 0.3 is 0 Å². The molecule has 7 nitrogen and oxygen atoms in total. The smallest absolute Gasteiger partial charge is 0.253 e. The first kappa shape index (κ1) is 14.8. The van der Waals surface area contributed by atoms with Gasteiger partial charge in [0.1, 0.15) is 6.10 Å². The summed E-state index contributed by atoms with van der Waals surface area (Å²) < 4.78 is 0. The Bertz CT molecular complexity index is 488. The number of nitrogens with two attached hydrogens (primary N) is 2. The van der Waals surface area contributed by atoms with Crippen LogP contribution >= 0.6 is 0 Å². The summed E-state index contributed by atoms with van der Waals surface area (Å²) >= 11 is 0. The Balaban J connectivity index is 2.78. The van der Waals surface area contributed by atoms with Crippen LogP contribution in [0.5, 0.6) is 0 Å². The maximum Gasteiger partial charge on any atom is 0.253 e. The average molecular weight is 266 g/mol. The number of hydrogen-bond donors (Lipinski definition) is 4. The van der Waals surface area contributed by atoms with Crippen molar-refractivity contribution in [1.29, 1.82) is 0 Å². The van der Waals surface area contributed by atoms with E-state index in [0.717, 1.165) is 0 Å². The quantitative estimate of drug-likeness (QED) is 0.521. The number of amides is 2. The fourth-order valence-electron chi connectivity index (χ4n) is 1.42. The summed E-state index contributed by atoms with van der Waals surface area (Å²) in [6.45, 7) is -0.0412. The van der Waals surface area contributed by atoms with E-state index in [1.165, 1.54) is 11.0 Å². The molecule has 2 amide bonds. The minimum atomic E-state index is -1.29. The Morgan fingerprint density at radius 1 is 1.42 bits per heavy atom. The second-order valence-corrected chi connectivity index (χ2v) is 4.30. The molecule has 19 heavy (non-hydrogen) atoms. The highest BCUT2D eigenvalue weighted by atomic mass is 16.3. The molecule has 104 valence electrons. The molecule has 7 heteroatoms. The van der Waals surface area contributed by atoms with Crippen molar-refractivity contribution in [3.63, 3.8) is 0 Å². The first-order valence-corrected chi connectivity index (χ1v) is 5.65. The van der Waals surface area contributed by atoms with Gasteiger partial charge in [-0.15, -0.1) is 0 Å². The number of carbonyl (C=O) groups is 2. The molecular weight excluding hydrogens is 248 g/mol. The van der Waals surface area contributed by atoms with Gasteiger partial charge in [-0.05, 0) is 18.2 Å². The van der Waals surface area contributed by atoms with Crippen LogP contribution in [0.25, 0.3) is 0 Å². The number of benzene rings is 1. The molecule has 0 fully saturated rings. The van der Waals surface area contributed by atoms with E-state index in [1.54, 1.807) is 26.2 Å². The summed E-state index contributed by atoms with van der Waals surface area (Å²) in [5.41, 5.74) is 12.1. The highest BCUT2D eigenvalue weighted by molar-refractivity contribution is 5.95. The lowest BCUT2D eigenvalue weighted by Gasteiger charge is -2.14. The topological polar surface area (TPSA) is 122 Å². The predicted octanol–water partition coefficient (Wildman–Crippen LogP) is -0.771. The zero-order valence-corrected chi connectivity index (χ0v) is 10.9. The molecule has 0 heterocycles. The number of aliphatic hydroxyl groups excluding tert-OH is 1. The first-order valence-electron chi connectivity index (χ1n) is 5.65. The number of nitrogens with one attached hydrogen (secondary N) is 1. The molecule has 1 unspecified atom stereocenters. The number of carbonyl (C=O) groups excluding carboxylic acids is 2. The van der Waals surface area contributed by atoms with Crippen LogP contribution in [0, 0.1) is 0 Å². The summed E-state index contributed by atoms with van der Waals surface area (Å²) in [7, 11) is 3.29. The molecule has 1 aromatic carbocycles. The van der Waals surface area contributed by atoms with Crippen LogP contribution in [0.4, 0.5) is 11.4 Å². The van der Waals surface area contributed by atoms with Crippen LogP contribution in [0.3, 0.4) is 0 Å². The van der Waals surface area contributed by atoms with E-state index < -0.39 is 12.0 Å². The molecule has 0 spiro atoms. The molecule has 0 radical (unpaired) electrons. The van der Waals surface area contributed by atoms with Crippen molar-refractivity contribution in [3.05, 3.63) is 23.8 Å². The summed E-state index contributed by atoms with van der Waals surface area (Å²) in [6.07, 6.45) is -1.29. The molecular formula is C12H18N4O3. The maximum atomic E-state index is 11.7. The molecule has 0 aliphatic carbocycles. The highest BCUT2D eigenvalue weighted by Gasteiger charge is 2.13. The fraction of sp³-hybridized carbons (Fsp3) is 0.333. The highest BCUT2D eigenvalue weighted by Crippen LogP contribution is 2.20. The lowest BCUT2D eigenvalue weighted by atomic mass is 10.1. The Kier molecular flexibility index (Phi) is 4.71. The third kappa shape index (κ3) is 3.85. The zero-order valence-electron chi connectivity index (χ0n) is 10.9. The summed E-state index contributed by atoms with van der Waals surface area (Å²) in [6, 6.07) is 4.75. The number of primary amides is 1. The standard InChI is InChI=1S/C12H18N4O3/c1-16(2)12(19)7-3-4-9(8(13)5-7)15-6-10(17)11(14)18/h3-5,10,15,17H,6,13H2,1-2H3,(H2,14,18). The summed E-state index contributed by atoms with van der Waals surface area (Å²) in [4.78, 5) is 23.8. The minimum Gasteiger partial charge on any atom is -0.397 e. The number of rotatable bonds is 5. The van der Waals surface area contributed by atoms with E-state index in [-0.39, 0.29) is 12.5 Å². The van der Waals surface area contributed by atoms with Crippen LogP contribution in [0.15, 0.2) is 18.2 Å². The van der Waals surface area contributed by atoms with Gasteiger partial charge in [-0.3, -0.25) is 9.59 Å². The Hall–Kier alpha value is -2.28. The van der Waals surface area contributed by atoms with Crippen LogP contribution < -0.4 is 16.8 Å². The normalized spacial score (nSPS) is 11.7. The SMILES string of the molecule is CN(C)C(=O)c1ccc(NCC(O)C(N)=O)c(N)c1. The summed E-state index contributed by atoms with van der Waals surface area (Å²) in [5, 5.41) is 12.0. The van der Waals surface area contributed by atoms with Gasteiger partial charge in [-0.25, -0.2) is 0 Å². The molecule has 1 rings (SSSR count). The first-order chi connectivity index (χ1) is 8.82. The minimum absolute atomic E-state index is 0.0412. The molecule has 0 aliphatic heterocycles. The van der Waals surface area contributed by atoms with Crippen molar-refractivity contribution in [2.75, 3.05) is 31.7 Å². The zero-order chi connectivity index (χ0) is 14.6. The van der Waals surface area contributed by atoms with Gasteiger partial charge < -0.3 is 26.8 Å². The van der Waals surface area contributed by atoms with Crippen molar-refractivity contribution >= 4 is 23.2 Å². The van der Waals surface area contributed by atoms with E-state index in [9.17, 15) is 14.7 Å². The third-order valence-corrected chi connectivity index (χ3v) is 2.52. The van der Waals surface area contributed by atoms with E-state index >= 15 is 0 Å². The average Bonchev–Trinajstić information content (AvgIpc) is 2.35. The lowest BCUT2D eigenvalue weighted by molar-refractivity contribution is -0.125. The van der Waals surface area contributed by atoms with Gasteiger partial charge in [-0.2, -0.15) is 0 Å². The van der Waals surface area contributed by atoms with Crippen LogP contribution in [-0.2, 0) is 4.79 Å². The Morgan fingerprint density at radius 3 is 2.53 bits per heavy atom. The largest absolute Gasteiger partial charge is 0.397 e. The fourth-order valence-corrected chi connectivity index (χ4v) is 1.42. The van der Waals surface area contributed by atoms with Gasteiger partial charge in [0.15, 0.2) is 0 Å². The van der Waals surface area contributed by atoms with Crippen LogP contribution in [0.2, 0.25) is 0 Å². The number of anilines is 2. The van der Waals surface area contributed by atoms with E-state index in [1.807, 2.05) is 0 Å². The Morgan fingerprint density at radius 2 is 2.05 bits per heavy atom. The molecule has 0 saturated heterocycles. The number of hydrogen-bond acceptors (Lipinski definition) is 5. The molecule has 0 aromatic heterocycles. The Labute approximate surface area is 111 Å². The van der Waals surface area contributed by atoms with Crippen molar-refractivity contribution in [2.24, 2.45) is 5.73 Å².